The quantitative estimate of drug-likeness (QED) is 0.560. The van der Waals surface area contributed by atoms with Crippen LogP contribution in [0.5, 0.6) is 5.75 Å². The van der Waals surface area contributed by atoms with Crippen molar-refractivity contribution in [3.63, 3.8) is 0 Å². The van der Waals surface area contributed by atoms with Crippen LogP contribution in [0.15, 0.2) is 42.5 Å². The molecule has 3 aromatic rings. The normalized spacial score (nSPS) is 10.8. The fourth-order valence-corrected chi connectivity index (χ4v) is 3.72. The molecular formula is C21H26ClN3O2S. The number of rotatable bonds is 7. The predicted octanol–water partition coefficient (Wildman–Crippen LogP) is 4.63. The highest BCUT2D eigenvalue weighted by Crippen LogP contribution is 2.32. The zero-order valence-corrected chi connectivity index (χ0v) is 18.3. The number of thiazole rings is 1. The molecule has 0 unspecified atom stereocenters. The van der Waals surface area contributed by atoms with Crippen LogP contribution in [0.1, 0.15) is 22.8 Å². The van der Waals surface area contributed by atoms with Crippen molar-refractivity contribution in [3.05, 3.63) is 53.6 Å². The summed E-state index contributed by atoms with van der Waals surface area (Å²) in [4.78, 5) is 21.7. The number of nitrogens with zero attached hydrogens (tertiary/aromatic N) is 3. The van der Waals surface area contributed by atoms with Gasteiger partial charge >= 0.3 is 0 Å². The Morgan fingerprint density at radius 2 is 1.82 bits per heavy atom. The monoisotopic (exact) mass is 419 g/mol. The Morgan fingerprint density at radius 1 is 1.11 bits per heavy atom. The molecule has 0 bridgehead atoms. The lowest BCUT2D eigenvalue weighted by atomic mass is 10.1. The number of carbonyl (C=O) groups excluding carboxylic acids is 1. The minimum Gasteiger partial charge on any atom is -0.494 e. The first-order valence-electron chi connectivity index (χ1n) is 9.04. The van der Waals surface area contributed by atoms with E-state index in [9.17, 15) is 4.79 Å². The van der Waals surface area contributed by atoms with Crippen molar-refractivity contribution in [1.82, 2.24) is 9.88 Å². The third-order valence-corrected chi connectivity index (χ3v) is 5.25. The fourth-order valence-electron chi connectivity index (χ4n) is 2.70. The van der Waals surface area contributed by atoms with E-state index >= 15 is 0 Å². The van der Waals surface area contributed by atoms with Crippen molar-refractivity contribution in [2.45, 2.75) is 13.8 Å². The molecule has 3 rings (SSSR count). The summed E-state index contributed by atoms with van der Waals surface area (Å²) in [5.41, 5.74) is 2.69. The fraction of sp³-hybridized carbons (Fsp3) is 0.333. The summed E-state index contributed by atoms with van der Waals surface area (Å²) < 4.78 is 6.60. The molecule has 0 aliphatic heterocycles. The van der Waals surface area contributed by atoms with E-state index in [1.54, 1.807) is 4.90 Å². The molecule has 0 saturated heterocycles. The minimum atomic E-state index is -0.0269. The number of benzene rings is 2. The van der Waals surface area contributed by atoms with Gasteiger partial charge in [-0.1, -0.05) is 29.0 Å². The Bertz CT molecular complexity index is 925. The zero-order chi connectivity index (χ0) is 19.4. The van der Waals surface area contributed by atoms with Crippen LogP contribution in [-0.4, -0.2) is 49.6 Å². The molecule has 1 heterocycles. The van der Waals surface area contributed by atoms with E-state index in [2.05, 4.69) is 4.90 Å². The van der Waals surface area contributed by atoms with Crippen LogP contribution in [0.25, 0.3) is 10.2 Å². The second-order valence-electron chi connectivity index (χ2n) is 6.69. The third kappa shape index (κ3) is 5.22. The van der Waals surface area contributed by atoms with Crippen molar-refractivity contribution < 1.29 is 9.53 Å². The third-order valence-electron chi connectivity index (χ3n) is 4.21. The summed E-state index contributed by atoms with van der Waals surface area (Å²) >= 11 is 1.52. The smallest absolute Gasteiger partial charge is 0.260 e. The van der Waals surface area contributed by atoms with E-state index in [-0.39, 0.29) is 18.3 Å². The highest BCUT2D eigenvalue weighted by molar-refractivity contribution is 7.22. The highest BCUT2D eigenvalue weighted by Gasteiger charge is 2.21. The molecule has 1 amide bonds. The molecule has 0 radical (unpaired) electrons. The SMILES string of the molecule is CCOc1ccc2nc(N(CCN(C)C)C(=O)c3ccc(C)cc3)sc2c1.Cl. The van der Waals surface area contributed by atoms with Crippen LogP contribution in [0, 0.1) is 6.92 Å². The number of carbonyl (C=O) groups is 1. The number of hydrogen-bond donors (Lipinski definition) is 0. The molecule has 2 aromatic carbocycles. The summed E-state index contributed by atoms with van der Waals surface area (Å²) in [6, 6.07) is 13.5. The maximum Gasteiger partial charge on any atom is 0.260 e. The summed E-state index contributed by atoms with van der Waals surface area (Å²) in [6.07, 6.45) is 0. The van der Waals surface area contributed by atoms with Gasteiger partial charge in [-0.2, -0.15) is 0 Å². The Labute approximate surface area is 176 Å². The highest BCUT2D eigenvalue weighted by atomic mass is 35.5. The van der Waals surface area contributed by atoms with Crippen molar-refractivity contribution in [1.29, 1.82) is 0 Å². The number of likely N-dealkylation sites (N-methyl/N-ethyl adjacent to an activating group) is 1. The van der Waals surface area contributed by atoms with Crippen LogP contribution >= 0.6 is 23.7 Å². The summed E-state index contributed by atoms with van der Waals surface area (Å²) in [7, 11) is 4.00. The molecule has 1 aromatic heterocycles. The summed E-state index contributed by atoms with van der Waals surface area (Å²) in [5, 5.41) is 0.714. The lowest BCUT2D eigenvalue weighted by molar-refractivity contribution is 0.0985. The van der Waals surface area contributed by atoms with Gasteiger partial charge in [0.1, 0.15) is 5.75 Å². The van der Waals surface area contributed by atoms with Gasteiger partial charge in [0.2, 0.25) is 0 Å². The Kier molecular flexibility index (Phi) is 7.80. The van der Waals surface area contributed by atoms with Gasteiger partial charge in [0, 0.05) is 18.7 Å². The molecule has 150 valence electrons. The second-order valence-corrected chi connectivity index (χ2v) is 7.69. The molecule has 0 saturated carbocycles. The predicted molar refractivity (Wildman–Crippen MR) is 119 cm³/mol. The zero-order valence-electron chi connectivity index (χ0n) is 16.6. The van der Waals surface area contributed by atoms with Gasteiger partial charge in [0.25, 0.3) is 5.91 Å². The number of fused-ring (bicyclic) bond motifs is 1. The van der Waals surface area contributed by atoms with Crippen LogP contribution < -0.4 is 9.64 Å². The van der Waals surface area contributed by atoms with Crippen molar-refractivity contribution in [2.75, 3.05) is 38.7 Å². The lowest BCUT2D eigenvalue weighted by Crippen LogP contribution is -2.36. The average Bonchev–Trinajstić information content (AvgIpc) is 3.05. The van der Waals surface area contributed by atoms with E-state index in [0.717, 1.165) is 28.1 Å². The first kappa shape index (κ1) is 22.1. The number of aryl methyl sites for hydroxylation is 1. The number of hydrogen-bond acceptors (Lipinski definition) is 5. The van der Waals surface area contributed by atoms with E-state index in [1.165, 1.54) is 11.3 Å². The Morgan fingerprint density at radius 3 is 2.46 bits per heavy atom. The molecule has 0 aliphatic rings. The van der Waals surface area contributed by atoms with E-state index in [1.807, 2.05) is 70.4 Å². The topological polar surface area (TPSA) is 45.7 Å². The summed E-state index contributed by atoms with van der Waals surface area (Å²) in [6.45, 7) is 5.95. The standard InChI is InChI=1S/C21H25N3O2S.ClH/c1-5-26-17-10-11-18-19(14-17)27-21(22-18)24(13-12-23(3)4)20(25)16-8-6-15(2)7-9-16;/h6-11,14H,5,12-13H2,1-4H3;1H. The van der Waals surface area contributed by atoms with Gasteiger partial charge < -0.3 is 9.64 Å². The molecule has 7 heteroatoms. The summed E-state index contributed by atoms with van der Waals surface area (Å²) in [5.74, 6) is 0.797. The molecule has 0 fully saturated rings. The number of ether oxygens (including phenoxy) is 1. The van der Waals surface area contributed by atoms with Crippen LogP contribution in [0.4, 0.5) is 5.13 Å². The van der Waals surface area contributed by atoms with Gasteiger partial charge in [0.15, 0.2) is 5.13 Å². The number of amides is 1. The van der Waals surface area contributed by atoms with Crippen LogP contribution in [0.3, 0.4) is 0 Å². The van der Waals surface area contributed by atoms with E-state index in [4.69, 9.17) is 9.72 Å². The van der Waals surface area contributed by atoms with E-state index < -0.39 is 0 Å². The average molecular weight is 420 g/mol. The van der Waals surface area contributed by atoms with E-state index in [0.29, 0.717) is 23.8 Å². The molecule has 0 aliphatic carbocycles. The van der Waals surface area contributed by atoms with Gasteiger partial charge in [-0.25, -0.2) is 4.98 Å². The Balaban J connectivity index is 0.00000280. The number of anilines is 1. The van der Waals surface area contributed by atoms with Gasteiger partial charge in [-0.15, -0.1) is 12.4 Å². The minimum absolute atomic E-state index is 0. The molecule has 0 atom stereocenters. The molecule has 28 heavy (non-hydrogen) atoms. The Hall–Kier alpha value is -2.15. The van der Waals surface area contributed by atoms with Crippen molar-refractivity contribution >= 4 is 45.0 Å². The van der Waals surface area contributed by atoms with Gasteiger partial charge in [-0.3, -0.25) is 9.69 Å². The first-order chi connectivity index (χ1) is 13.0. The molecule has 0 N–H and O–H groups in total. The lowest BCUT2D eigenvalue weighted by Gasteiger charge is -2.22. The molecule has 0 spiro atoms. The first-order valence-corrected chi connectivity index (χ1v) is 9.86. The van der Waals surface area contributed by atoms with Crippen LogP contribution in [0.2, 0.25) is 0 Å². The van der Waals surface area contributed by atoms with Crippen molar-refractivity contribution in [2.24, 2.45) is 0 Å². The molecular weight excluding hydrogens is 394 g/mol. The maximum atomic E-state index is 13.2. The number of aromatic nitrogens is 1. The largest absolute Gasteiger partial charge is 0.494 e. The van der Waals surface area contributed by atoms with Gasteiger partial charge in [-0.05, 0) is 58.3 Å². The number of halogens is 1. The maximum absolute atomic E-state index is 13.2. The molecule has 5 nitrogen and oxygen atoms in total. The van der Waals surface area contributed by atoms with Crippen molar-refractivity contribution in [3.8, 4) is 5.75 Å². The second kappa shape index (κ2) is 9.87. The van der Waals surface area contributed by atoms with Crippen LogP contribution in [-0.2, 0) is 0 Å². The van der Waals surface area contributed by atoms with Gasteiger partial charge in [0.05, 0.1) is 16.8 Å².